The Morgan fingerprint density at radius 3 is 1.05 bits per heavy atom. The minimum Gasteiger partial charge on any atom is -0.0819 e. The first kappa shape index (κ1) is 15.6. The summed E-state index contributed by atoms with van der Waals surface area (Å²) in [4.78, 5) is 0. The lowest BCUT2D eigenvalue weighted by Crippen LogP contribution is -1.89. The zero-order chi connectivity index (χ0) is 14.9. The highest BCUT2D eigenvalue weighted by Gasteiger charge is 2.33. The second-order valence-corrected chi connectivity index (χ2v) is 7.04. The van der Waals surface area contributed by atoms with E-state index in [0.717, 1.165) is 0 Å². The summed E-state index contributed by atoms with van der Waals surface area (Å²) >= 11 is 49.5. The summed E-state index contributed by atoms with van der Waals surface area (Å²) in [5, 5.41) is 2.45. The van der Waals surface area contributed by atoms with Gasteiger partial charge in [-0.3, -0.25) is 0 Å². The van der Waals surface area contributed by atoms with Crippen molar-refractivity contribution in [1.29, 1.82) is 0 Å². The number of benzene rings is 2. The molecule has 0 atom stereocenters. The van der Waals surface area contributed by atoms with E-state index in [2.05, 4.69) is 0 Å². The molecule has 0 amide bonds. The summed E-state index contributed by atoms with van der Waals surface area (Å²) in [5.41, 5.74) is 0.913. The van der Waals surface area contributed by atoms with Gasteiger partial charge in [-0.15, -0.1) is 0 Å². The molecule has 2 aromatic rings. The monoisotopic (exact) mass is 424 g/mol. The van der Waals surface area contributed by atoms with Crippen LogP contribution in [0.25, 0.3) is 20.8 Å². The van der Waals surface area contributed by atoms with Crippen LogP contribution in [0.2, 0.25) is 30.1 Å². The van der Waals surface area contributed by atoms with E-state index < -0.39 is 0 Å². The molecule has 0 saturated carbocycles. The van der Waals surface area contributed by atoms with Crippen LogP contribution in [0.4, 0.5) is 0 Å². The van der Waals surface area contributed by atoms with Gasteiger partial charge in [0.25, 0.3) is 0 Å². The summed E-state index contributed by atoms with van der Waals surface area (Å²) < 4.78 is 0. The highest BCUT2D eigenvalue weighted by molar-refractivity contribution is 6.71. The molecule has 0 fully saturated rings. The van der Waals surface area contributed by atoms with E-state index in [1.807, 2.05) is 0 Å². The van der Waals surface area contributed by atoms with Crippen LogP contribution in [0.3, 0.4) is 0 Å². The van der Waals surface area contributed by atoms with Gasteiger partial charge in [-0.05, 0) is 0 Å². The van der Waals surface area contributed by atoms with Crippen LogP contribution in [-0.4, -0.2) is 0 Å². The maximum absolute atomic E-state index is 6.22. The normalized spacial score (nSPS) is 13.8. The van der Waals surface area contributed by atoms with Crippen LogP contribution in [0.1, 0.15) is 11.1 Å². The highest BCUT2D eigenvalue weighted by atomic mass is 35.5. The second-order valence-electron chi connectivity index (χ2n) is 4.01. The second kappa shape index (κ2) is 5.15. The van der Waals surface area contributed by atoms with Crippen molar-refractivity contribution < 1.29 is 0 Å². The molecule has 0 nitrogen and oxygen atoms in total. The molecule has 1 aliphatic carbocycles. The van der Waals surface area contributed by atoms with Crippen LogP contribution < -0.4 is 0 Å². The summed E-state index contributed by atoms with van der Waals surface area (Å²) in [6.07, 6.45) is 0. The van der Waals surface area contributed by atoms with Gasteiger partial charge in [0, 0.05) is 21.9 Å². The fourth-order valence-corrected chi connectivity index (χ4v) is 4.49. The summed E-state index contributed by atoms with van der Waals surface area (Å²) in [7, 11) is 0. The molecule has 0 aliphatic heterocycles. The minimum atomic E-state index is 0.131. The summed E-state index contributed by atoms with van der Waals surface area (Å²) in [6.45, 7) is 0. The molecule has 3 rings (SSSR count). The van der Waals surface area contributed by atoms with Crippen LogP contribution in [0, 0.1) is 0 Å². The van der Waals surface area contributed by atoms with Crippen molar-refractivity contribution >= 4 is 114 Å². The van der Waals surface area contributed by atoms with Gasteiger partial charge in [0.15, 0.2) is 0 Å². The summed E-state index contributed by atoms with van der Waals surface area (Å²) in [6, 6.07) is 0. The Morgan fingerprint density at radius 1 is 0.350 bits per heavy atom. The first-order chi connectivity index (χ1) is 9.29. The van der Waals surface area contributed by atoms with Gasteiger partial charge in [0.2, 0.25) is 0 Å². The molecule has 104 valence electrons. The van der Waals surface area contributed by atoms with Crippen molar-refractivity contribution in [3.8, 4) is 0 Å². The van der Waals surface area contributed by atoms with Gasteiger partial charge < -0.3 is 0 Å². The molecule has 0 heterocycles. The first-order valence-corrected chi connectivity index (χ1v) is 8.04. The molecule has 8 heteroatoms. The number of hydrogen-bond donors (Lipinski definition) is 0. The van der Waals surface area contributed by atoms with E-state index in [4.69, 9.17) is 92.8 Å². The van der Waals surface area contributed by atoms with Crippen molar-refractivity contribution in [1.82, 2.24) is 0 Å². The lowest BCUT2D eigenvalue weighted by atomic mass is 10.0. The predicted octanol–water partition coefficient (Wildman–Crippen LogP) is 8.38. The SMILES string of the molecule is ClC1=C(Cl)c2c(Cl)c(Cl)c(Cl)c3c(Cl)c(Cl)c(Cl)c1c23. The van der Waals surface area contributed by atoms with Crippen LogP contribution in [0.15, 0.2) is 0 Å². The Balaban J connectivity index is 2.75. The molecule has 0 unspecified atom stereocenters. The van der Waals surface area contributed by atoms with Gasteiger partial charge in [-0.1, -0.05) is 92.8 Å². The average molecular weight is 428 g/mol. The van der Waals surface area contributed by atoms with Crippen LogP contribution in [0.5, 0.6) is 0 Å². The van der Waals surface area contributed by atoms with E-state index in [9.17, 15) is 0 Å². The topological polar surface area (TPSA) is 0 Å². The fourth-order valence-electron chi connectivity index (χ4n) is 2.17. The smallest absolute Gasteiger partial charge is 0.0792 e. The third-order valence-electron chi connectivity index (χ3n) is 3.03. The average Bonchev–Trinajstić information content (AvgIpc) is 2.66. The Kier molecular flexibility index (Phi) is 4.03. The molecule has 0 N–H and O–H groups in total. The van der Waals surface area contributed by atoms with Crippen molar-refractivity contribution in [2.75, 3.05) is 0 Å². The van der Waals surface area contributed by atoms with E-state index in [1.165, 1.54) is 0 Å². The molecule has 0 aromatic heterocycles. The number of hydrogen-bond acceptors (Lipinski definition) is 0. The number of halogens is 8. The Labute approximate surface area is 154 Å². The van der Waals surface area contributed by atoms with Crippen LogP contribution in [-0.2, 0) is 0 Å². The molecule has 1 aliphatic rings. The van der Waals surface area contributed by atoms with E-state index in [1.54, 1.807) is 0 Å². The van der Waals surface area contributed by atoms with E-state index >= 15 is 0 Å². The molecular formula is C12Cl8. The molecule has 20 heavy (non-hydrogen) atoms. The Morgan fingerprint density at radius 2 is 0.700 bits per heavy atom. The molecule has 0 spiro atoms. The quantitative estimate of drug-likeness (QED) is 0.370. The predicted molar refractivity (Wildman–Crippen MR) is 92.5 cm³/mol. The van der Waals surface area contributed by atoms with Gasteiger partial charge in [0.1, 0.15) is 0 Å². The third-order valence-corrected chi connectivity index (χ3v) is 6.54. The maximum Gasteiger partial charge on any atom is 0.0792 e. The Bertz CT molecular complexity index is 769. The standard InChI is InChI=1S/C12Cl8/c13-5-2-1-3(6(5)14)8(16)12(20)10(18)4(1)9(17)11(19)7(2)15. The van der Waals surface area contributed by atoms with Crippen molar-refractivity contribution in [2.24, 2.45) is 0 Å². The van der Waals surface area contributed by atoms with Crippen molar-refractivity contribution in [3.63, 3.8) is 0 Å². The molecule has 0 bridgehead atoms. The lowest BCUT2D eigenvalue weighted by Gasteiger charge is -2.13. The minimum absolute atomic E-state index is 0.131. The highest BCUT2D eigenvalue weighted by Crippen LogP contribution is 2.58. The largest absolute Gasteiger partial charge is 0.0819 e. The van der Waals surface area contributed by atoms with Crippen molar-refractivity contribution in [2.45, 2.75) is 0 Å². The summed E-state index contributed by atoms with van der Waals surface area (Å²) in [5.74, 6) is 0. The fraction of sp³-hybridized carbons (Fsp3) is 0. The van der Waals surface area contributed by atoms with E-state index in [-0.39, 0.29) is 40.2 Å². The number of rotatable bonds is 0. The first-order valence-electron chi connectivity index (χ1n) is 5.01. The van der Waals surface area contributed by atoms with Gasteiger partial charge in [-0.2, -0.15) is 0 Å². The zero-order valence-corrected chi connectivity index (χ0v) is 15.1. The van der Waals surface area contributed by atoms with Crippen LogP contribution >= 0.6 is 92.8 Å². The zero-order valence-electron chi connectivity index (χ0n) is 9.02. The van der Waals surface area contributed by atoms with E-state index in [0.29, 0.717) is 21.9 Å². The van der Waals surface area contributed by atoms with Crippen molar-refractivity contribution in [3.05, 3.63) is 41.3 Å². The third kappa shape index (κ3) is 1.84. The van der Waals surface area contributed by atoms with Gasteiger partial charge in [0.05, 0.1) is 40.2 Å². The maximum atomic E-state index is 6.22. The molecule has 0 saturated heterocycles. The van der Waals surface area contributed by atoms with Gasteiger partial charge >= 0.3 is 0 Å². The molecular weight excluding hydrogens is 428 g/mol. The Hall–Kier alpha value is 0.760. The lowest BCUT2D eigenvalue weighted by molar-refractivity contribution is 1.70. The molecule has 2 aromatic carbocycles. The van der Waals surface area contributed by atoms with Gasteiger partial charge in [-0.25, -0.2) is 0 Å². The molecule has 0 radical (unpaired) electrons.